The smallest absolute Gasteiger partial charge is 0.326 e. The number of fused-ring (bicyclic) bond motifs is 9. The van der Waals surface area contributed by atoms with Gasteiger partial charge in [-0.15, -0.1) is 0 Å². The molecule has 0 bridgehead atoms. The molecule has 8 rings (SSSR count). The molecule has 4 saturated heterocycles. The van der Waals surface area contributed by atoms with E-state index in [0.717, 1.165) is 12.7 Å². The lowest BCUT2D eigenvalue weighted by Crippen LogP contribution is -2.52. The lowest BCUT2D eigenvalue weighted by atomic mass is 10.1. The van der Waals surface area contributed by atoms with Gasteiger partial charge in [-0.1, -0.05) is 0 Å². The largest absolute Gasteiger partial charge is 0.756 e. The number of rotatable bonds is 1. The lowest BCUT2D eigenvalue weighted by Gasteiger charge is -2.36. The summed E-state index contributed by atoms with van der Waals surface area (Å²) < 4.78 is 58.9. The van der Waals surface area contributed by atoms with E-state index in [1.54, 1.807) is 0 Å². The summed E-state index contributed by atoms with van der Waals surface area (Å²) in [5.41, 5.74) is 9.97. The number of imidazole rings is 1. The highest BCUT2D eigenvalue weighted by Crippen LogP contribution is 2.66. The molecule has 44 heavy (non-hydrogen) atoms. The fourth-order valence-corrected chi connectivity index (χ4v) is 8.01. The number of anilines is 2. The topological polar surface area (TPSA) is 310 Å². The predicted molar refractivity (Wildman–Crippen MR) is 137 cm³/mol. The van der Waals surface area contributed by atoms with Crippen LogP contribution in [0, 0.1) is 0 Å². The Morgan fingerprint density at radius 1 is 0.977 bits per heavy atom. The molecule has 7 unspecified atom stereocenters. The fraction of sp³-hybridized carbons (Fsp3) is 0.500. The summed E-state index contributed by atoms with van der Waals surface area (Å²) in [4.78, 5) is 50.2. The molecule has 3 aromatic rings. The van der Waals surface area contributed by atoms with Gasteiger partial charge >= 0.3 is 5.72 Å². The summed E-state index contributed by atoms with van der Waals surface area (Å²) in [5.74, 6) is 0.146. The summed E-state index contributed by atoms with van der Waals surface area (Å²) in [7, 11) is -10.6. The molecule has 6 N–H and O–H groups in total. The zero-order chi connectivity index (χ0) is 30.8. The highest BCUT2D eigenvalue weighted by molar-refractivity contribution is 7.46. The Labute approximate surface area is 244 Å². The average Bonchev–Trinajstić information content (AvgIpc) is 3.50. The second kappa shape index (κ2) is 9.23. The number of quaternary nitrogens is 1. The second-order valence-electron chi connectivity index (χ2n) is 10.5. The molecule has 8 heterocycles. The molecule has 1 spiro atoms. The first-order valence-corrected chi connectivity index (χ1v) is 15.8. The SMILES string of the molecule is Nc1ncnc2c1N=C[N+]21[C@@H]2O[C@@H]3COP(=O)([O-])OC4C(O)[C@H](n5cnc6c(N)ncnc65)O[C@@H]4COP(=O)([O-])OC3C21O. The van der Waals surface area contributed by atoms with Gasteiger partial charge in [0.2, 0.25) is 6.34 Å². The van der Waals surface area contributed by atoms with Gasteiger partial charge in [0, 0.05) is 0 Å². The molecule has 0 aliphatic carbocycles. The summed E-state index contributed by atoms with van der Waals surface area (Å²) in [6, 6.07) is 0. The Kier molecular flexibility index (Phi) is 5.96. The number of nitrogen functional groups attached to an aromatic ring is 2. The van der Waals surface area contributed by atoms with E-state index < -0.39 is 82.0 Å². The Morgan fingerprint density at radius 3 is 2.48 bits per heavy atom. The van der Waals surface area contributed by atoms with Gasteiger partial charge in [0.25, 0.3) is 27.7 Å². The zero-order valence-corrected chi connectivity index (χ0v) is 23.7. The highest BCUT2D eigenvalue weighted by atomic mass is 31.2. The normalized spacial score (nSPS) is 44.5. The minimum atomic E-state index is -5.32. The van der Waals surface area contributed by atoms with Gasteiger partial charge in [-0.05, 0) is 0 Å². The van der Waals surface area contributed by atoms with Crippen molar-refractivity contribution in [2.24, 2.45) is 4.99 Å². The highest BCUT2D eigenvalue weighted by Gasteiger charge is 2.93. The number of hydrogen-bond donors (Lipinski definition) is 4. The number of aliphatic hydroxyl groups excluding tert-OH is 1. The van der Waals surface area contributed by atoms with Crippen LogP contribution in [-0.4, -0.2) is 102 Å². The van der Waals surface area contributed by atoms with Gasteiger partial charge < -0.3 is 59.0 Å². The van der Waals surface area contributed by atoms with Gasteiger partial charge in [-0.2, -0.15) is 14.5 Å². The first-order valence-electron chi connectivity index (χ1n) is 12.8. The van der Waals surface area contributed by atoms with E-state index in [4.69, 9.17) is 39.0 Å². The van der Waals surface area contributed by atoms with Crippen LogP contribution in [0.2, 0.25) is 0 Å². The molecule has 5 aliphatic rings. The number of nitrogens with two attached hydrogens (primary N) is 2. The molecule has 5 aliphatic heterocycles. The maximum Gasteiger partial charge on any atom is 0.326 e. The molecule has 0 radical (unpaired) electrons. The molecular weight excluding hydrogens is 634 g/mol. The Morgan fingerprint density at radius 2 is 1.68 bits per heavy atom. The van der Waals surface area contributed by atoms with E-state index in [1.807, 2.05) is 0 Å². The molecule has 234 valence electrons. The van der Waals surface area contributed by atoms with Crippen LogP contribution in [0.3, 0.4) is 0 Å². The van der Waals surface area contributed by atoms with Crippen LogP contribution < -0.4 is 25.7 Å². The molecular formula is C20H21N10O12P2-. The van der Waals surface area contributed by atoms with Crippen molar-refractivity contribution in [2.45, 2.75) is 48.7 Å². The van der Waals surface area contributed by atoms with Crippen LogP contribution in [0.1, 0.15) is 6.23 Å². The van der Waals surface area contributed by atoms with Crippen LogP contribution >= 0.6 is 15.6 Å². The first kappa shape index (κ1) is 28.4. The van der Waals surface area contributed by atoms with Gasteiger partial charge in [0.15, 0.2) is 35.3 Å². The van der Waals surface area contributed by atoms with Gasteiger partial charge in [-0.25, -0.2) is 19.9 Å². The molecule has 3 aromatic heterocycles. The van der Waals surface area contributed by atoms with E-state index in [0.29, 0.717) is 0 Å². The van der Waals surface area contributed by atoms with Crippen LogP contribution in [0.15, 0.2) is 24.0 Å². The molecule has 11 atom stereocenters. The number of aliphatic hydroxyl groups is 2. The number of nitrogens with zero attached hydrogens (tertiary/aromatic N) is 8. The lowest BCUT2D eigenvalue weighted by molar-refractivity contribution is -0.248. The number of aliphatic imine (C=N–C) groups is 1. The van der Waals surface area contributed by atoms with E-state index >= 15 is 0 Å². The molecule has 0 aromatic carbocycles. The predicted octanol–water partition coefficient (Wildman–Crippen LogP) is -3.10. The van der Waals surface area contributed by atoms with Gasteiger partial charge in [0.1, 0.15) is 42.6 Å². The standard InChI is InChI=1S/C20H22N10O12P2/c21-14-9-16(25-3-23-14)29(5-27-9)18-11(31)12-7(39-18)1-37-44(35,36)42-13-8(2-38-43(33,34)41-12)40-19-20(13,32)30(19)6-28-10-15(22)24-4-26-17(10)30/h3-8,11-13,18-19,31-32H,1-2H2,(H5-,21,22,23,24,25,26,33,34,35,36)/p-1/t7-,8-,11?,12?,13?,18-,19-,20?,30?/m1/s1. The number of phosphoric acid groups is 2. The minimum absolute atomic E-state index is 0.00260. The number of phosphoric ester groups is 2. The Balaban J connectivity index is 1.10. The number of hydrogen-bond acceptors (Lipinski definition) is 20. The van der Waals surface area contributed by atoms with Crippen LogP contribution in [0.5, 0.6) is 0 Å². The van der Waals surface area contributed by atoms with E-state index in [9.17, 15) is 29.1 Å². The van der Waals surface area contributed by atoms with Gasteiger partial charge in [-0.3, -0.25) is 13.7 Å². The average molecular weight is 655 g/mol. The summed E-state index contributed by atoms with van der Waals surface area (Å²) in [6.45, 7) is -1.73. The van der Waals surface area contributed by atoms with Crippen molar-refractivity contribution in [1.82, 2.24) is 34.0 Å². The Bertz CT molecular complexity index is 1830. The monoisotopic (exact) mass is 655 g/mol. The zero-order valence-electron chi connectivity index (χ0n) is 21.9. The van der Waals surface area contributed by atoms with Crippen molar-refractivity contribution in [3.05, 3.63) is 19.0 Å². The summed E-state index contributed by atoms with van der Waals surface area (Å²) in [5, 5.41) is 22.8. The van der Waals surface area contributed by atoms with Crippen molar-refractivity contribution in [2.75, 3.05) is 24.7 Å². The van der Waals surface area contributed by atoms with Crippen molar-refractivity contribution in [1.29, 1.82) is 0 Å². The third-order valence-electron chi connectivity index (χ3n) is 8.13. The van der Waals surface area contributed by atoms with Crippen molar-refractivity contribution in [3.8, 4) is 0 Å². The molecule has 0 saturated carbocycles. The maximum atomic E-state index is 13.1. The van der Waals surface area contributed by atoms with Crippen molar-refractivity contribution in [3.63, 3.8) is 0 Å². The van der Waals surface area contributed by atoms with E-state index in [1.165, 1.54) is 17.2 Å². The van der Waals surface area contributed by atoms with Crippen molar-refractivity contribution < 1.29 is 56.7 Å². The Hall–Kier alpha value is -3.08. The fourth-order valence-electron chi connectivity index (χ4n) is 6.10. The van der Waals surface area contributed by atoms with Crippen LogP contribution in [0.4, 0.5) is 23.1 Å². The summed E-state index contributed by atoms with van der Waals surface area (Å²) in [6.07, 6.45) is -6.06. The molecule has 22 nitrogen and oxygen atoms in total. The maximum absolute atomic E-state index is 13.1. The first-order chi connectivity index (χ1) is 20.9. The van der Waals surface area contributed by atoms with Crippen molar-refractivity contribution >= 4 is 56.3 Å². The second-order valence-corrected chi connectivity index (χ2v) is 13.2. The van der Waals surface area contributed by atoms with Crippen LogP contribution in [0.25, 0.3) is 11.2 Å². The quantitative estimate of drug-likeness (QED) is 0.115. The molecule has 0 amide bonds. The third-order valence-corrected chi connectivity index (χ3v) is 10.0. The molecule has 24 heteroatoms. The minimum Gasteiger partial charge on any atom is -0.756 e. The van der Waals surface area contributed by atoms with Gasteiger partial charge in [0.05, 0.1) is 19.5 Å². The van der Waals surface area contributed by atoms with Crippen LogP contribution in [-0.2, 0) is 36.7 Å². The number of ether oxygens (including phenoxy) is 2. The molecule has 4 fully saturated rings. The summed E-state index contributed by atoms with van der Waals surface area (Å²) >= 11 is 0. The number of aromatic nitrogens is 6. The van der Waals surface area contributed by atoms with E-state index in [2.05, 4.69) is 29.9 Å². The van der Waals surface area contributed by atoms with E-state index in [-0.39, 0.29) is 34.3 Å². The third kappa shape index (κ3) is 3.83.